The lowest BCUT2D eigenvalue weighted by Crippen LogP contribution is -2.59. The number of rotatable bonds is 1. The summed E-state index contributed by atoms with van der Waals surface area (Å²) >= 11 is 0. The molecule has 4 heterocycles. The summed E-state index contributed by atoms with van der Waals surface area (Å²) in [4.78, 5) is 0. The number of nitrogens with zero attached hydrogens (tertiary/aromatic N) is 2. The lowest BCUT2D eigenvalue weighted by atomic mass is 9.34. The number of hydrogen-bond donors (Lipinski definition) is 0. The summed E-state index contributed by atoms with van der Waals surface area (Å²) in [6.07, 6.45) is 0. The quantitative estimate of drug-likeness (QED) is 0.150. The summed E-state index contributed by atoms with van der Waals surface area (Å²) in [5.41, 5.74) is 19.6. The third-order valence-corrected chi connectivity index (χ3v) is 13.7. The molecule has 1 aliphatic carbocycles. The van der Waals surface area contributed by atoms with Gasteiger partial charge in [0.25, 0.3) is 6.71 Å². The van der Waals surface area contributed by atoms with Crippen LogP contribution in [0.3, 0.4) is 0 Å². The third-order valence-electron chi connectivity index (χ3n) is 13.7. The predicted molar refractivity (Wildman–Crippen MR) is 242 cm³/mol. The molecule has 0 N–H and O–H groups in total. The molecule has 57 heavy (non-hydrogen) atoms. The van der Waals surface area contributed by atoms with E-state index in [1.807, 2.05) is 0 Å². The molecule has 0 unspecified atom stereocenters. The zero-order valence-corrected chi connectivity index (χ0v) is 30.7. The van der Waals surface area contributed by atoms with Crippen molar-refractivity contribution in [1.29, 1.82) is 0 Å². The lowest BCUT2D eigenvalue weighted by Gasteiger charge is -2.35. The molecule has 10 aromatic carbocycles. The van der Waals surface area contributed by atoms with Gasteiger partial charge in [0.2, 0.25) is 0 Å². The summed E-state index contributed by atoms with van der Waals surface area (Å²) < 4.78 is 5.29. The molecular formula is C54H29BN2. The molecule has 0 fully saturated rings. The molecule has 3 heteroatoms. The third kappa shape index (κ3) is 3.32. The van der Waals surface area contributed by atoms with E-state index in [0.717, 1.165) is 0 Å². The molecule has 0 saturated heterocycles. The molecule has 2 aliphatic heterocycles. The average Bonchev–Trinajstić information content (AvgIpc) is 3.78. The monoisotopic (exact) mass is 716 g/mol. The van der Waals surface area contributed by atoms with Gasteiger partial charge in [-0.1, -0.05) is 152 Å². The van der Waals surface area contributed by atoms with Gasteiger partial charge in [0.1, 0.15) is 0 Å². The van der Waals surface area contributed by atoms with Crippen LogP contribution in [0.4, 0.5) is 0 Å². The maximum absolute atomic E-state index is 2.65. The van der Waals surface area contributed by atoms with E-state index in [1.54, 1.807) is 0 Å². The zero-order valence-electron chi connectivity index (χ0n) is 30.7. The van der Waals surface area contributed by atoms with Crippen LogP contribution in [0.2, 0.25) is 0 Å². The van der Waals surface area contributed by atoms with Crippen molar-refractivity contribution in [2.24, 2.45) is 0 Å². The minimum atomic E-state index is 0.0361. The highest BCUT2D eigenvalue weighted by molar-refractivity contribution is 7.00. The van der Waals surface area contributed by atoms with Crippen molar-refractivity contribution in [3.63, 3.8) is 0 Å². The molecule has 258 valence electrons. The van der Waals surface area contributed by atoms with Crippen molar-refractivity contribution in [1.82, 2.24) is 9.13 Å². The van der Waals surface area contributed by atoms with Gasteiger partial charge in [-0.3, -0.25) is 0 Å². The molecule has 0 bridgehead atoms. The summed E-state index contributed by atoms with van der Waals surface area (Å²) in [5.74, 6) is 0. The highest BCUT2D eigenvalue weighted by atomic mass is 15.0. The van der Waals surface area contributed by atoms with Crippen LogP contribution in [0, 0.1) is 0 Å². The smallest absolute Gasteiger partial charge is 0.252 e. The summed E-state index contributed by atoms with van der Waals surface area (Å²) in [7, 11) is 0. The van der Waals surface area contributed by atoms with Gasteiger partial charge in [-0.15, -0.1) is 0 Å². The number of aromatic nitrogens is 2. The number of benzene rings is 10. The van der Waals surface area contributed by atoms with Crippen molar-refractivity contribution in [2.75, 3.05) is 0 Å². The second kappa shape index (κ2) is 9.89. The molecule has 2 aromatic heterocycles. The van der Waals surface area contributed by atoms with Gasteiger partial charge in [0.05, 0.1) is 22.1 Å². The predicted octanol–water partition coefficient (Wildman–Crippen LogP) is 11.8. The molecule has 15 rings (SSSR count). The van der Waals surface area contributed by atoms with Crippen molar-refractivity contribution in [3.05, 3.63) is 176 Å². The minimum Gasteiger partial charge on any atom is -0.310 e. The average molecular weight is 717 g/mol. The molecular weight excluding hydrogens is 687 g/mol. The number of hydrogen-bond acceptors (Lipinski definition) is 0. The first-order valence-corrected chi connectivity index (χ1v) is 20.1. The van der Waals surface area contributed by atoms with E-state index in [0.29, 0.717) is 0 Å². The van der Waals surface area contributed by atoms with Gasteiger partial charge in [0.15, 0.2) is 0 Å². The van der Waals surface area contributed by atoms with Gasteiger partial charge in [0, 0.05) is 32.9 Å². The van der Waals surface area contributed by atoms with Crippen LogP contribution >= 0.6 is 0 Å². The second-order valence-corrected chi connectivity index (χ2v) is 16.3. The summed E-state index contributed by atoms with van der Waals surface area (Å²) in [6, 6.07) is 66.8. The van der Waals surface area contributed by atoms with E-state index >= 15 is 0 Å². The van der Waals surface area contributed by atoms with E-state index < -0.39 is 0 Å². The fourth-order valence-electron chi connectivity index (χ4n) is 11.7. The van der Waals surface area contributed by atoms with Crippen LogP contribution < -0.4 is 16.4 Å². The summed E-state index contributed by atoms with van der Waals surface area (Å²) in [5, 5.41) is 13.3. The Morgan fingerprint density at radius 2 is 0.895 bits per heavy atom. The molecule has 0 amide bonds. The minimum absolute atomic E-state index is 0.0361. The molecule has 0 radical (unpaired) electrons. The Morgan fingerprint density at radius 3 is 1.67 bits per heavy atom. The Kier molecular flexibility index (Phi) is 5.03. The van der Waals surface area contributed by atoms with Gasteiger partial charge in [-0.25, -0.2) is 0 Å². The Balaban J connectivity index is 1.23. The maximum atomic E-state index is 2.65. The molecule has 2 nitrogen and oxygen atoms in total. The van der Waals surface area contributed by atoms with Crippen molar-refractivity contribution in [3.8, 4) is 44.8 Å². The van der Waals surface area contributed by atoms with E-state index in [9.17, 15) is 0 Å². The fourth-order valence-corrected chi connectivity index (χ4v) is 11.7. The van der Waals surface area contributed by atoms with E-state index in [2.05, 4.69) is 185 Å². The highest BCUT2D eigenvalue weighted by Gasteiger charge is 2.43. The number of fused-ring (bicyclic) bond motifs is 15. The highest BCUT2D eigenvalue weighted by Crippen LogP contribution is 2.51. The fraction of sp³-hybridized carbons (Fsp3) is 0. The second-order valence-electron chi connectivity index (χ2n) is 16.3. The van der Waals surface area contributed by atoms with E-state index in [4.69, 9.17) is 0 Å². The first-order chi connectivity index (χ1) is 28.3. The Morgan fingerprint density at radius 1 is 0.333 bits per heavy atom. The molecule has 3 aliphatic rings. The first kappa shape index (κ1) is 29.0. The van der Waals surface area contributed by atoms with Gasteiger partial charge >= 0.3 is 0 Å². The van der Waals surface area contributed by atoms with Gasteiger partial charge in [-0.2, -0.15) is 0 Å². The van der Waals surface area contributed by atoms with Crippen LogP contribution in [0.25, 0.3) is 121 Å². The standard InChI is InChI=1S/C54H29BN2/c1-2-12-30(13-3-1)34-28-45-52-46(29-34)57-44-25-24-31-14-4-6-17-35(31)48(44)50-36-18-7-5-15-32(36)26-41(53(50)57)55(52)42-27-33-16-10-21-39-37-19-8-9-20-38(37)40-22-11-23-43-49(40)51(47(33)39)54(42)56(43)45/h1-29H. The molecule has 0 spiro atoms. The topological polar surface area (TPSA) is 9.86 Å². The van der Waals surface area contributed by atoms with Crippen molar-refractivity contribution in [2.45, 2.75) is 0 Å². The lowest BCUT2D eigenvalue weighted by molar-refractivity contribution is 1.14. The van der Waals surface area contributed by atoms with Crippen molar-refractivity contribution >= 4 is 99.0 Å². The van der Waals surface area contributed by atoms with Crippen LogP contribution in [-0.2, 0) is 0 Å². The molecule has 0 saturated carbocycles. The Bertz CT molecular complexity index is 3870. The van der Waals surface area contributed by atoms with Crippen LogP contribution in [-0.4, -0.2) is 15.8 Å². The Labute approximate surface area is 327 Å². The largest absolute Gasteiger partial charge is 0.310 e. The van der Waals surface area contributed by atoms with E-state index in [-0.39, 0.29) is 6.71 Å². The Hall–Kier alpha value is -7.36. The van der Waals surface area contributed by atoms with Crippen molar-refractivity contribution < 1.29 is 0 Å². The van der Waals surface area contributed by atoms with E-state index in [1.165, 1.54) is 137 Å². The first-order valence-electron chi connectivity index (χ1n) is 20.1. The van der Waals surface area contributed by atoms with Crippen LogP contribution in [0.5, 0.6) is 0 Å². The normalized spacial score (nSPS) is 13.2. The van der Waals surface area contributed by atoms with Gasteiger partial charge in [-0.05, 0) is 106 Å². The van der Waals surface area contributed by atoms with Crippen LogP contribution in [0.15, 0.2) is 176 Å². The van der Waals surface area contributed by atoms with Gasteiger partial charge < -0.3 is 9.13 Å². The van der Waals surface area contributed by atoms with Crippen LogP contribution in [0.1, 0.15) is 0 Å². The molecule has 0 atom stereocenters. The zero-order chi connectivity index (χ0) is 36.7. The maximum Gasteiger partial charge on any atom is 0.252 e. The SMILES string of the molecule is c1ccc(-c2cc3c4c(c2)-n2c5ccc6ccccc6c5c5c6ccccc6cc(c52)B4c2cc4cccc5c4c4c6c(cccc6n-3c24)-c2ccccc2-5)cc1. The molecule has 12 aromatic rings. The summed E-state index contributed by atoms with van der Waals surface area (Å²) in [6.45, 7) is 0.0361.